The predicted octanol–water partition coefficient (Wildman–Crippen LogP) is 2.18. The number of piperidine rings is 2. The fourth-order valence-electron chi connectivity index (χ4n) is 4.03. The van der Waals surface area contributed by atoms with Gasteiger partial charge in [0.1, 0.15) is 4.90 Å². The number of carbonyl (C=O) groups excluding carboxylic acids is 1. The number of rotatable bonds is 5. The van der Waals surface area contributed by atoms with Crippen molar-refractivity contribution in [1.29, 1.82) is 0 Å². The fourth-order valence-corrected chi connectivity index (χ4v) is 5.70. The second-order valence-electron chi connectivity index (χ2n) is 7.36. The van der Waals surface area contributed by atoms with E-state index in [-0.39, 0.29) is 16.2 Å². The van der Waals surface area contributed by atoms with Crippen LogP contribution >= 0.6 is 0 Å². The van der Waals surface area contributed by atoms with Crippen molar-refractivity contribution in [3.63, 3.8) is 0 Å². The Morgan fingerprint density at radius 3 is 2.80 bits per heavy atom. The smallest absolute Gasteiger partial charge is 0.248 e. The van der Waals surface area contributed by atoms with E-state index in [1.165, 1.54) is 6.20 Å². The topological polar surface area (TPSA) is 83.7 Å². The van der Waals surface area contributed by atoms with Crippen LogP contribution in [0.5, 0.6) is 0 Å². The molecule has 2 fully saturated rings. The van der Waals surface area contributed by atoms with Crippen molar-refractivity contribution in [2.45, 2.75) is 57.3 Å². The molecule has 0 radical (unpaired) electrons. The minimum Gasteiger partial charge on any atom is -0.360 e. The summed E-state index contributed by atoms with van der Waals surface area (Å²) in [7, 11) is -3.60. The molecular weight excluding hydrogens is 342 g/mol. The lowest BCUT2D eigenvalue weighted by Gasteiger charge is -2.47. The molecule has 3 rings (SSSR count). The zero-order chi connectivity index (χ0) is 18.1. The van der Waals surface area contributed by atoms with E-state index in [2.05, 4.69) is 12.1 Å². The number of hydrogen-bond acceptors (Lipinski definition) is 5. The van der Waals surface area contributed by atoms with Gasteiger partial charge in [0.25, 0.3) is 0 Å². The molecule has 140 valence electrons. The van der Waals surface area contributed by atoms with Crippen molar-refractivity contribution >= 4 is 15.9 Å². The number of hydrogen-bond donors (Lipinski definition) is 0. The lowest BCUT2D eigenvalue weighted by Crippen LogP contribution is -2.55. The van der Waals surface area contributed by atoms with Crippen molar-refractivity contribution in [1.82, 2.24) is 14.4 Å². The van der Waals surface area contributed by atoms with Crippen LogP contribution in [0.1, 0.15) is 51.2 Å². The summed E-state index contributed by atoms with van der Waals surface area (Å²) in [5, 5.41) is 3.61. The van der Waals surface area contributed by atoms with Crippen LogP contribution in [0.25, 0.3) is 0 Å². The maximum Gasteiger partial charge on any atom is 0.248 e. The molecule has 2 aliphatic rings. The monoisotopic (exact) mass is 369 g/mol. The number of aryl methyl sites for hydroxylation is 1. The molecule has 1 aromatic rings. The average Bonchev–Trinajstić information content (AvgIpc) is 3.03. The number of aromatic nitrogens is 1. The van der Waals surface area contributed by atoms with Gasteiger partial charge >= 0.3 is 0 Å². The Kier molecular flexibility index (Phi) is 5.20. The molecule has 1 unspecified atom stereocenters. The Morgan fingerprint density at radius 1 is 1.32 bits per heavy atom. The van der Waals surface area contributed by atoms with Gasteiger partial charge in [0.2, 0.25) is 15.9 Å². The summed E-state index contributed by atoms with van der Waals surface area (Å²) in [5.41, 5.74) is -0.127. The lowest BCUT2D eigenvalue weighted by molar-refractivity contribution is -0.138. The van der Waals surface area contributed by atoms with Gasteiger partial charge in [-0.2, -0.15) is 4.31 Å². The van der Waals surface area contributed by atoms with Gasteiger partial charge in [-0.05, 0) is 32.6 Å². The quantitative estimate of drug-likeness (QED) is 0.794. The SMILES string of the molecule is CCCCN1CC2(CCCN(S(=O)(=O)c3cnoc3C)C2)CCC1=O. The van der Waals surface area contributed by atoms with Gasteiger partial charge in [0, 0.05) is 38.0 Å². The number of likely N-dealkylation sites (tertiary alicyclic amines) is 1. The first-order valence-corrected chi connectivity index (χ1v) is 10.5. The molecule has 1 spiro atoms. The average molecular weight is 369 g/mol. The van der Waals surface area contributed by atoms with Crippen molar-refractivity contribution in [3.05, 3.63) is 12.0 Å². The van der Waals surface area contributed by atoms with E-state index < -0.39 is 10.0 Å². The first-order valence-electron chi connectivity index (χ1n) is 9.07. The molecule has 0 saturated carbocycles. The third-order valence-corrected chi connectivity index (χ3v) is 7.42. The Balaban J connectivity index is 1.78. The summed E-state index contributed by atoms with van der Waals surface area (Å²) in [4.78, 5) is 14.3. The summed E-state index contributed by atoms with van der Waals surface area (Å²) in [6.45, 7) is 6.15. The molecule has 8 heteroatoms. The van der Waals surface area contributed by atoms with Crippen LogP contribution in [-0.2, 0) is 14.8 Å². The van der Waals surface area contributed by atoms with Crippen LogP contribution in [0.4, 0.5) is 0 Å². The van der Waals surface area contributed by atoms with E-state index in [0.717, 1.165) is 38.6 Å². The highest BCUT2D eigenvalue weighted by molar-refractivity contribution is 7.89. The Bertz CT molecular complexity index is 730. The van der Waals surface area contributed by atoms with Crippen molar-refractivity contribution in [2.24, 2.45) is 5.41 Å². The van der Waals surface area contributed by atoms with Gasteiger partial charge in [-0.25, -0.2) is 8.42 Å². The van der Waals surface area contributed by atoms with E-state index in [1.54, 1.807) is 11.2 Å². The van der Waals surface area contributed by atoms with E-state index in [4.69, 9.17) is 4.52 Å². The van der Waals surface area contributed by atoms with E-state index in [9.17, 15) is 13.2 Å². The van der Waals surface area contributed by atoms with E-state index in [0.29, 0.717) is 31.8 Å². The maximum atomic E-state index is 13.0. The van der Waals surface area contributed by atoms with Crippen molar-refractivity contribution in [2.75, 3.05) is 26.2 Å². The molecule has 0 N–H and O–H groups in total. The first-order chi connectivity index (χ1) is 11.9. The summed E-state index contributed by atoms with van der Waals surface area (Å²) >= 11 is 0. The standard InChI is InChI=1S/C17H27N3O4S/c1-3-4-9-19-12-17(8-6-16(19)21)7-5-10-20(13-17)25(22,23)15-11-18-24-14(15)2/h11H,3-10,12-13H2,1-2H3. The van der Waals surface area contributed by atoms with Gasteiger partial charge in [-0.1, -0.05) is 18.5 Å². The molecule has 0 bridgehead atoms. The predicted molar refractivity (Wildman–Crippen MR) is 92.4 cm³/mol. The summed E-state index contributed by atoms with van der Waals surface area (Å²) in [6.07, 6.45) is 6.39. The number of nitrogens with zero attached hydrogens (tertiary/aromatic N) is 3. The van der Waals surface area contributed by atoms with Crippen molar-refractivity contribution in [3.8, 4) is 0 Å². The van der Waals surface area contributed by atoms with E-state index in [1.807, 2.05) is 4.90 Å². The largest absolute Gasteiger partial charge is 0.360 e. The molecule has 1 atom stereocenters. The molecule has 3 heterocycles. The zero-order valence-electron chi connectivity index (χ0n) is 15.0. The molecule has 1 aromatic heterocycles. The molecule has 1 amide bonds. The minimum absolute atomic E-state index is 0.127. The lowest BCUT2D eigenvalue weighted by atomic mass is 9.74. The maximum absolute atomic E-state index is 13.0. The normalized spacial score (nSPS) is 25.7. The van der Waals surface area contributed by atoms with Gasteiger partial charge in [0.15, 0.2) is 5.76 Å². The first kappa shape index (κ1) is 18.4. The van der Waals surface area contributed by atoms with Gasteiger partial charge in [-0.3, -0.25) is 4.79 Å². The van der Waals surface area contributed by atoms with Crippen LogP contribution in [0.3, 0.4) is 0 Å². The van der Waals surface area contributed by atoms with Gasteiger partial charge < -0.3 is 9.42 Å². The molecule has 0 aromatic carbocycles. The Morgan fingerprint density at radius 2 is 2.12 bits per heavy atom. The van der Waals surface area contributed by atoms with Crippen LogP contribution < -0.4 is 0 Å². The van der Waals surface area contributed by atoms with Crippen LogP contribution in [0.2, 0.25) is 0 Å². The summed E-state index contributed by atoms with van der Waals surface area (Å²) < 4.78 is 32.4. The third kappa shape index (κ3) is 3.60. The molecule has 2 aliphatic heterocycles. The second-order valence-corrected chi connectivity index (χ2v) is 9.26. The Labute approximate surface area is 149 Å². The number of amides is 1. The van der Waals surface area contributed by atoms with Crippen LogP contribution in [0.15, 0.2) is 15.6 Å². The highest BCUT2D eigenvalue weighted by atomic mass is 32.2. The molecule has 7 nitrogen and oxygen atoms in total. The van der Waals surface area contributed by atoms with E-state index >= 15 is 0 Å². The molecular formula is C17H27N3O4S. The van der Waals surface area contributed by atoms with Crippen LogP contribution in [-0.4, -0.2) is 54.9 Å². The number of sulfonamides is 1. The second kappa shape index (κ2) is 7.07. The van der Waals surface area contributed by atoms with Crippen molar-refractivity contribution < 1.29 is 17.7 Å². The third-order valence-electron chi connectivity index (χ3n) is 5.48. The summed E-state index contributed by atoms with van der Waals surface area (Å²) in [6, 6.07) is 0. The number of unbranched alkanes of at least 4 members (excludes halogenated alkanes) is 1. The number of carbonyl (C=O) groups is 1. The molecule has 0 aliphatic carbocycles. The fraction of sp³-hybridized carbons (Fsp3) is 0.765. The van der Waals surface area contributed by atoms with Gasteiger partial charge in [0.05, 0.1) is 6.20 Å². The van der Waals surface area contributed by atoms with Crippen LogP contribution in [0, 0.1) is 12.3 Å². The highest BCUT2D eigenvalue weighted by Gasteiger charge is 2.44. The molecule has 2 saturated heterocycles. The minimum atomic E-state index is -3.60. The zero-order valence-corrected chi connectivity index (χ0v) is 15.8. The highest BCUT2D eigenvalue weighted by Crippen LogP contribution is 2.40. The Hall–Kier alpha value is -1.41. The molecule has 25 heavy (non-hydrogen) atoms. The summed E-state index contributed by atoms with van der Waals surface area (Å²) in [5.74, 6) is 0.525. The van der Waals surface area contributed by atoms with Gasteiger partial charge in [-0.15, -0.1) is 0 Å².